The lowest BCUT2D eigenvalue weighted by atomic mass is 10.0. The normalized spacial score (nSPS) is 35.5. The SMILES string of the molecule is C[C@H]1[C@@H](CO)NC(=O)C1(F)F. The molecule has 1 fully saturated rings. The maximum Gasteiger partial charge on any atom is 0.329 e. The second-order valence-electron chi connectivity index (χ2n) is 2.67. The Morgan fingerprint density at radius 1 is 1.73 bits per heavy atom. The fourth-order valence-corrected chi connectivity index (χ4v) is 1.05. The second kappa shape index (κ2) is 2.41. The highest BCUT2D eigenvalue weighted by Gasteiger charge is 2.54. The second-order valence-corrected chi connectivity index (χ2v) is 2.67. The first-order valence-corrected chi connectivity index (χ1v) is 3.29. The average Bonchev–Trinajstić information content (AvgIpc) is 2.14. The molecular weight excluding hydrogens is 156 g/mol. The van der Waals surface area contributed by atoms with Gasteiger partial charge in [-0.3, -0.25) is 4.79 Å². The summed E-state index contributed by atoms with van der Waals surface area (Å²) in [6.45, 7) is 0.793. The van der Waals surface area contributed by atoms with Crippen LogP contribution in [0.4, 0.5) is 8.78 Å². The molecule has 2 N–H and O–H groups in total. The van der Waals surface area contributed by atoms with E-state index in [0.717, 1.165) is 0 Å². The van der Waals surface area contributed by atoms with E-state index in [1.807, 2.05) is 5.32 Å². The molecular formula is C6H9F2NO2. The van der Waals surface area contributed by atoms with Gasteiger partial charge in [-0.05, 0) is 0 Å². The molecule has 1 heterocycles. The Balaban J connectivity index is 2.80. The smallest absolute Gasteiger partial charge is 0.329 e. The molecule has 0 aromatic rings. The number of aliphatic hydroxyl groups excluding tert-OH is 1. The molecule has 0 aromatic heterocycles. The van der Waals surface area contributed by atoms with Crippen LogP contribution in [0.25, 0.3) is 0 Å². The zero-order chi connectivity index (χ0) is 8.65. The van der Waals surface area contributed by atoms with Crippen LogP contribution in [0.1, 0.15) is 6.92 Å². The Morgan fingerprint density at radius 3 is 2.45 bits per heavy atom. The third-order valence-corrected chi connectivity index (χ3v) is 1.99. The first-order valence-electron chi connectivity index (χ1n) is 3.29. The highest BCUT2D eigenvalue weighted by atomic mass is 19.3. The van der Waals surface area contributed by atoms with Crippen molar-refractivity contribution in [2.24, 2.45) is 5.92 Å². The van der Waals surface area contributed by atoms with Crippen LogP contribution in [0.15, 0.2) is 0 Å². The van der Waals surface area contributed by atoms with Crippen LogP contribution in [-0.4, -0.2) is 29.6 Å². The Labute approximate surface area is 62.4 Å². The summed E-state index contributed by atoms with van der Waals surface area (Å²) in [4.78, 5) is 10.5. The Morgan fingerprint density at radius 2 is 2.27 bits per heavy atom. The molecule has 1 aliphatic rings. The van der Waals surface area contributed by atoms with E-state index in [2.05, 4.69) is 0 Å². The molecule has 0 aromatic carbocycles. The molecule has 0 spiro atoms. The summed E-state index contributed by atoms with van der Waals surface area (Å²) < 4.78 is 25.3. The van der Waals surface area contributed by atoms with Gasteiger partial charge in [-0.2, -0.15) is 8.78 Å². The van der Waals surface area contributed by atoms with E-state index in [-0.39, 0.29) is 0 Å². The number of halogens is 2. The van der Waals surface area contributed by atoms with Crippen molar-refractivity contribution in [3.05, 3.63) is 0 Å². The lowest BCUT2D eigenvalue weighted by Crippen LogP contribution is -2.31. The van der Waals surface area contributed by atoms with E-state index in [9.17, 15) is 13.6 Å². The molecule has 1 aliphatic heterocycles. The van der Waals surface area contributed by atoms with E-state index < -0.39 is 30.4 Å². The first-order chi connectivity index (χ1) is 5.00. The maximum atomic E-state index is 12.6. The first kappa shape index (κ1) is 8.39. The number of rotatable bonds is 1. The standard InChI is InChI=1S/C6H9F2NO2/c1-3-4(2-10)9-5(11)6(3,7)8/h3-4,10H,2H2,1H3,(H,9,11)/t3-,4+/m0/s1. The monoisotopic (exact) mass is 165 g/mol. The van der Waals surface area contributed by atoms with Crippen molar-refractivity contribution >= 4 is 5.91 Å². The quantitative estimate of drug-likeness (QED) is 0.562. The van der Waals surface area contributed by atoms with Crippen LogP contribution < -0.4 is 5.32 Å². The van der Waals surface area contributed by atoms with E-state index >= 15 is 0 Å². The summed E-state index contributed by atoms with van der Waals surface area (Å²) in [5.74, 6) is -5.74. The molecule has 0 saturated carbocycles. The molecule has 0 radical (unpaired) electrons. The minimum Gasteiger partial charge on any atom is -0.394 e. The van der Waals surface area contributed by atoms with Gasteiger partial charge in [0.15, 0.2) is 0 Å². The number of carbonyl (C=O) groups excluding carboxylic acids is 1. The number of nitrogens with one attached hydrogen (secondary N) is 1. The van der Waals surface area contributed by atoms with Crippen molar-refractivity contribution in [3.8, 4) is 0 Å². The lowest BCUT2D eigenvalue weighted by molar-refractivity contribution is -0.143. The van der Waals surface area contributed by atoms with Crippen molar-refractivity contribution in [1.82, 2.24) is 5.32 Å². The van der Waals surface area contributed by atoms with Gasteiger partial charge >= 0.3 is 5.92 Å². The van der Waals surface area contributed by atoms with Crippen LogP contribution in [0.2, 0.25) is 0 Å². The summed E-state index contributed by atoms with van der Waals surface area (Å²) in [6.07, 6.45) is 0. The Bertz CT molecular complexity index is 183. The predicted molar refractivity (Wildman–Crippen MR) is 33.1 cm³/mol. The minimum absolute atomic E-state index is 0.442. The molecule has 0 unspecified atom stereocenters. The average molecular weight is 165 g/mol. The molecule has 1 amide bonds. The number of amides is 1. The third-order valence-electron chi connectivity index (χ3n) is 1.99. The van der Waals surface area contributed by atoms with Gasteiger partial charge in [-0.1, -0.05) is 6.92 Å². The van der Waals surface area contributed by atoms with Crippen molar-refractivity contribution < 1.29 is 18.7 Å². The van der Waals surface area contributed by atoms with Gasteiger partial charge in [0, 0.05) is 0 Å². The summed E-state index contributed by atoms with van der Waals surface area (Å²) in [7, 11) is 0. The maximum absolute atomic E-state index is 12.6. The minimum atomic E-state index is -3.33. The summed E-state index contributed by atoms with van der Waals surface area (Å²) in [5, 5.41) is 10.5. The molecule has 1 saturated heterocycles. The molecule has 0 bridgehead atoms. The van der Waals surface area contributed by atoms with Gasteiger partial charge in [-0.25, -0.2) is 0 Å². The molecule has 2 atom stereocenters. The summed E-state index contributed by atoms with van der Waals surface area (Å²) >= 11 is 0. The molecule has 5 heteroatoms. The summed E-state index contributed by atoms with van der Waals surface area (Å²) in [6, 6.07) is -0.808. The molecule has 3 nitrogen and oxygen atoms in total. The zero-order valence-corrected chi connectivity index (χ0v) is 5.97. The van der Waals surface area contributed by atoms with Crippen molar-refractivity contribution in [1.29, 1.82) is 0 Å². The lowest BCUT2D eigenvalue weighted by Gasteiger charge is -2.14. The zero-order valence-electron chi connectivity index (χ0n) is 5.97. The Kier molecular flexibility index (Phi) is 1.83. The van der Waals surface area contributed by atoms with Crippen molar-refractivity contribution in [2.45, 2.75) is 18.9 Å². The highest BCUT2D eigenvalue weighted by Crippen LogP contribution is 2.32. The Hall–Kier alpha value is -0.710. The summed E-state index contributed by atoms with van der Waals surface area (Å²) in [5.41, 5.74) is 0. The van der Waals surface area contributed by atoms with Crippen LogP contribution >= 0.6 is 0 Å². The van der Waals surface area contributed by atoms with E-state index in [1.165, 1.54) is 6.92 Å². The van der Waals surface area contributed by atoms with Gasteiger partial charge in [0.25, 0.3) is 5.91 Å². The van der Waals surface area contributed by atoms with Crippen LogP contribution in [-0.2, 0) is 4.79 Å². The third kappa shape index (κ3) is 1.09. The molecule has 11 heavy (non-hydrogen) atoms. The van der Waals surface area contributed by atoms with Gasteiger partial charge in [0.05, 0.1) is 18.6 Å². The topological polar surface area (TPSA) is 49.3 Å². The molecule has 0 aliphatic carbocycles. The highest BCUT2D eigenvalue weighted by molar-refractivity contribution is 5.86. The van der Waals surface area contributed by atoms with Gasteiger partial charge < -0.3 is 10.4 Å². The molecule has 64 valence electrons. The number of alkyl halides is 2. The predicted octanol–water partition coefficient (Wildman–Crippen LogP) is -0.252. The van der Waals surface area contributed by atoms with Crippen LogP contribution in [0, 0.1) is 5.92 Å². The van der Waals surface area contributed by atoms with E-state index in [0.29, 0.717) is 0 Å². The number of carbonyl (C=O) groups is 1. The van der Waals surface area contributed by atoms with Crippen LogP contribution in [0.3, 0.4) is 0 Å². The largest absolute Gasteiger partial charge is 0.394 e. The number of hydrogen-bond acceptors (Lipinski definition) is 2. The number of aliphatic hydroxyl groups is 1. The van der Waals surface area contributed by atoms with Gasteiger partial charge in [-0.15, -0.1) is 0 Å². The van der Waals surface area contributed by atoms with E-state index in [1.54, 1.807) is 0 Å². The fourth-order valence-electron chi connectivity index (χ4n) is 1.05. The fraction of sp³-hybridized carbons (Fsp3) is 0.833. The van der Waals surface area contributed by atoms with Crippen molar-refractivity contribution in [3.63, 3.8) is 0 Å². The van der Waals surface area contributed by atoms with Crippen LogP contribution in [0.5, 0.6) is 0 Å². The van der Waals surface area contributed by atoms with Gasteiger partial charge in [0.2, 0.25) is 0 Å². The molecule has 1 rings (SSSR count). The van der Waals surface area contributed by atoms with E-state index in [4.69, 9.17) is 5.11 Å². The number of hydrogen-bond donors (Lipinski definition) is 2. The van der Waals surface area contributed by atoms with Gasteiger partial charge in [0.1, 0.15) is 0 Å². The van der Waals surface area contributed by atoms with Crippen molar-refractivity contribution in [2.75, 3.05) is 6.61 Å².